The predicted octanol–water partition coefficient (Wildman–Crippen LogP) is 1.26. The highest BCUT2D eigenvalue weighted by Gasteiger charge is 2.35. The van der Waals surface area contributed by atoms with Crippen molar-refractivity contribution in [1.29, 1.82) is 0 Å². The Balaban J connectivity index is 1.91. The first-order chi connectivity index (χ1) is 14.4. The number of carbonyl (C=O) groups excluding carboxylic acids is 1. The average molecular weight is 459 g/mol. The zero-order valence-corrected chi connectivity index (χ0v) is 19.2. The van der Waals surface area contributed by atoms with Gasteiger partial charge in [0.2, 0.25) is 15.9 Å². The molecule has 1 N–H and O–H groups in total. The van der Waals surface area contributed by atoms with Gasteiger partial charge >= 0.3 is 0 Å². The number of piperazine rings is 1. The van der Waals surface area contributed by atoms with Crippen molar-refractivity contribution in [3.63, 3.8) is 0 Å². The Morgan fingerprint density at radius 2 is 2.03 bits per heavy atom. The molecule has 2 saturated heterocycles. The van der Waals surface area contributed by atoms with Crippen molar-refractivity contribution in [1.82, 2.24) is 19.4 Å². The highest BCUT2D eigenvalue weighted by Crippen LogP contribution is 2.31. The van der Waals surface area contributed by atoms with Gasteiger partial charge in [0.05, 0.1) is 13.7 Å². The van der Waals surface area contributed by atoms with Gasteiger partial charge < -0.3 is 15.0 Å². The lowest BCUT2D eigenvalue weighted by Gasteiger charge is -2.33. The van der Waals surface area contributed by atoms with Crippen LogP contribution in [0.2, 0.25) is 5.02 Å². The molecule has 1 unspecified atom stereocenters. The van der Waals surface area contributed by atoms with E-state index in [1.807, 2.05) is 0 Å². The molecule has 2 aliphatic rings. The number of likely N-dealkylation sites (N-methyl/N-ethyl adjacent to an activating group) is 1. The van der Waals surface area contributed by atoms with Gasteiger partial charge in [-0.25, -0.2) is 8.42 Å². The van der Waals surface area contributed by atoms with Gasteiger partial charge in [-0.3, -0.25) is 9.69 Å². The van der Waals surface area contributed by atoms with Gasteiger partial charge in [0.1, 0.15) is 10.6 Å². The summed E-state index contributed by atoms with van der Waals surface area (Å²) in [7, 11) is -2.56. The average Bonchev–Trinajstić information content (AvgIpc) is 3.21. The van der Waals surface area contributed by atoms with E-state index < -0.39 is 10.0 Å². The quantitative estimate of drug-likeness (QED) is 0.631. The van der Waals surface area contributed by atoms with Crippen LogP contribution in [-0.4, -0.2) is 93.9 Å². The summed E-state index contributed by atoms with van der Waals surface area (Å²) >= 11 is 6.10. The molecule has 2 fully saturated rings. The fourth-order valence-electron chi connectivity index (χ4n) is 4.16. The second-order valence-electron chi connectivity index (χ2n) is 7.65. The Kier molecular flexibility index (Phi) is 7.98. The third kappa shape index (κ3) is 5.26. The minimum absolute atomic E-state index is 0.00773. The molecule has 2 heterocycles. The van der Waals surface area contributed by atoms with Gasteiger partial charge in [0.25, 0.3) is 0 Å². The molecule has 2 aliphatic heterocycles. The van der Waals surface area contributed by atoms with Crippen LogP contribution in [0.1, 0.15) is 19.8 Å². The standard InChI is InChI=1S/C20H31ClN4O4S/c1-3-23-10-4-5-17(23)14-25(15-20(26)24-11-8-22-9-12-24)30(27,28)19-13-16(21)6-7-18(19)29-2/h6-7,13,17,22H,3-5,8-12,14-15H2,1-2H3. The number of methoxy groups -OCH3 is 1. The van der Waals surface area contributed by atoms with E-state index in [4.69, 9.17) is 16.3 Å². The topological polar surface area (TPSA) is 82.2 Å². The van der Waals surface area contributed by atoms with E-state index in [0.29, 0.717) is 31.2 Å². The summed E-state index contributed by atoms with van der Waals surface area (Å²) in [5.41, 5.74) is 0. The number of nitrogens with zero attached hydrogens (tertiary/aromatic N) is 3. The predicted molar refractivity (Wildman–Crippen MR) is 116 cm³/mol. The number of halogens is 1. The minimum Gasteiger partial charge on any atom is -0.495 e. The van der Waals surface area contributed by atoms with E-state index in [9.17, 15) is 13.2 Å². The molecule has 1 aromatic rings. The summed E-state index contributed by atoms with van der Waals surface area (Å²) in [6, 6.07) is 4.61. The van der Waals surface area contributed by atoms with E-state index in [0.717, 1.165) is 25.9 Å². The van der Waals surface area contributed by atoms with Gasteiger partial charge in [-0.1, -0.05) is 18.5 Å². The first-order valence-electron chi connectivity index (χ1n) is 10.4. The summed E-state index contributed by atoms with van der Waals surface area (Å²) in [5, 5.41) is 3.51. The molecule has 1 amide bonds. The van der Waals surface area contributed by atoms with E-state index >= 15 is 0 Å². The minimum atomic E-state index is -3.99. The molecular weight excluding hydrogens is 428 g/mol. The summed E-state index contributed by atoms with van der Waals surface area (Å²) in [5.74, 6) is 0.0416. The smallest absolute Gasteiger partial charge is 0.247 e. The highest BCUT2D eigenvalue weighted by atomic mass is 35.5. The van der Waals surface area contributed by atoms with Gasteiger partial charge in [0.15, 0.2) is 0 Å². The first kappa shape index (κ1) is 23.3. The fourth-order valence-corrected chi connectivity index (χ4v) is 6.00. The van der Waals surface area contributed by atoms with Crippen molar-refractivity contribution in [2.75, 3.05) is 59.5 Å². The maximum absolute atomic E-state index is 13.7. The molecule has 1 aromatic carbocycles. The molecule has 0 bridgehead atoms. The Bertz CT molecular complexity index is 845. The molecule has 3 rings (SSSR count). The fraction of sp³-hybridized carbons (Fsp3) is 0.650. The third-order valence-corrected chi connectivity index (χ3v) is 7.91. The van der Waals surface area contributed by atoms with Crippen molar-refractivity contribution in [3.05, 3.63) is 23.2 Å². The first-order valence-corrected chi connectivity index (χ1v) is 12.2. The second-order valence-corrected chi connectivity index (χ2v) is 9.99. The number of sulfonamides is 1. The Labute approximate surface area is 184 Å². The molecule has 168 valence electrons. The van der Waals surface area contributed by atoms with Crippen LogP contribution in [0, 0.1) is 0 Å². The molecule has 0 aromatic heterocycles. The Morgan fingerprint density at radius 3 is 2.70 bits per heavy atom. The van der Waals surface area contributed by atoms with Gasteiger partial charge in [-0.05, 0) is 44.1 Å². The monoisotopic (exact) mass is 458 g/mol. The number of hydrogen-bond donors (Lipinski definition) is 1. The zero-order chi connectivity index (χ0) is 21.7. The molecule has 0 saturated carbocycles. The van der Waals surface area contributed by atoms with E-state index in [-0.39, 0.29) is 35.7 Å². The molecule has 0 aliphatic carbocycles. The van der Waals surface area contributed by atoms with Crippen LogP contribution in [-0.2, 0) is 14.8 Å². The van der Waals surface area contributed by atoms with Crippen LogP contribution in [0.15, 0.2) is 23.1 Å². The molecule has 10 heteroatoms. The van der Waals surface area contributed by atoms with E-state index in [1.54, 1.807) is 17.0 Å². The van der Waals surface area contributed by atoms with Crippen molar-refractivity contribution in [2.24, 2.45) is 0 Å². The number of ether oxygens (including phenoxy) is 1. The molecule has 0 spiro atoms. The number of hydrogen-bond acceptors (Lipinski definition) is 6. The van der Waals surface area contributed by atoms with E-state index in [2.05, 4.69) is 17.1 Å². The number of rotatable bonds is 8. The summed E-state index contributed by atoms with van der Waals surface area (Å²) < 4.78 is 33.9. The maximum atomic E-state index is 13.7. The lowest BCUT2D eigenvalue weighted by atomic mass is 10.2. The summed E-state index contributed by atoms with van der Waals surface area (Å²) in [6.45, 7) is 6.54. The maximum Gasteiger partial charge on any atom is 0.247 e. The molecule has 1 atom stereocenters. The van der Waals surface area contributed by atoms with Gasteiger partial charge in [-0.2, -0.15) is 4.31 Å². The normalized spacial score (nSPS) is 20.7. The van der Waals surface area contributed by atoms with Crippen LogP contribution in [0.4, 0.5) is 0 Å². The Morgan fingerprint density at radius 1 is 1.30 bits per heavy atom. The van der Waals surface area contributed by atoms with Crippen molar-refractivity contribution in [2.45, 2.75) is 30.7 Å². The van der Waals surface area contributed by atoms with Crippen LogP contribution < -0.4 is 10.1 Å². The SMILES string of the molecule is CCN1CCCC1CN(CC(=O)N1CCNCC1)S(=O)(=O)c1cc(Cl)ccc1OC. The lowest BCUT2D eigenvalue weighted by molar-refractivity contribution is -0.132. The van der Waals surface area contributed by atoms with Crippen LogP contribution >= 0.6 is 11.6 Å². The number of carbonyl (C=O) groups is 1. The third-order valence-electron chi connectivity index (χ3n) is 5.84. The van der Waals surface area contributed by atoms with E-state index in [1.165, 1.54) is 17.5 Å². The van der Waals surface area contributed by atoms with Crippen molar-refractivity contribution >= 4 is 27.5 Å². The summed E-state index contributed by atoms with van der Waals surface area (Å²) in [4.78, 5) is 16.9. The highest BCUT2D eigenvalue weighted by molar-refractivity contribution is 7.89. The van der Waals surface area contributed by atoms with Crippen LogP contribution in [0.3, 0.4) is 0 Å². The van der Waals surface area contributed by atoms with Gasteiger partial charge in [-0.15, -0.1) is 0 Å². The molecular formula is C20H31ClN4O4S. The number of benzene rings is 1. The second kappa shape index (κ2) is 10.3. The van der Waals surface area contributed by atoms with Crippen LogP contribution in [0.5, 0.6) is 5.75 Å². The van der Waals surface area contributed by atoms with Crippen LogP contribution in [0.25, 0.3) is 0 Å². The lowest BCUT2D eigenvalue weighted by Crippen LogP contribution is -2.52. The molecule has 30 heavy (non-hydrogen) atoms. The zero-order valence-electron chi connectivity index (χ0n) is 17.6. The summed E-state index contributed by atoms with van der Waals surface area (Å²) in [6.07, 6.45) is 1.94. The number of likely N-dealkylation sites (tertiary alicyclic amines) is 1. The van der Waals surface area contributed by atoms with Crippen molar-refractivity contribution < 1.29 is 17.9 Å². The Hall–Kier alpha value is -1.39. The molecule has 8 nitrogen and oxygen atoms in total. The number of amides is 1. The van der Waals surface area contributed by atoms with Gasteiger partial charge in [0, 0.05) is 43.8 Å². The largest absolute Gasteiger partial charge is 0.495 e. The number of nitrogens with one attached hydrogen (secondary N) is 1. The molecule has 0 radical (unpaired) electrons. The van der Waals surface area contributed by atoms with Crippen molar-refractivity contribution in [3.8, 4) is 5.75 Å².